The zero-order valence-corrected chi connectivity index (χ0v) is 17.7. The van der Waals surface area contributed by atoms with Crippen LogP contribution in [0.5, 0.6) is 0 Å². The molecular weight excluding hydrogens is 471 g/mol. The second-order valence-electron chi connectivity index (χ2n) is 6.19. The molecule has 1 saturated carbocycles. The summed E-state index contributed by atoms with van der Waals surface area (Å²) in [7, 11) is 1.76. The Morgan fingerprint density at radius 1 is 1.30 bits per heavy atom. The number of rotatable bonds is 4. The van der Waals surface area contributed by atoms with Crippen LogP contribution in [-0.4, -0.2) is 49.5 Å². The molecule has 2 N–H and O–H groups in total. The van der Waals surface area contributed by atoms with Crippen LogP contribution in [0.2, 0.25) is 0 Å². The van der Waals surface area contributed by atoms with Crippen LogP contribution in [0, 0.1) is 5.92 Å². The van der Waals surface area contributed by atoms with E-state index in [1.807, 2.05) is 4.90 Å². The Kier molecular flexibility index (Phi) is 9.50. The van der Waals surface area contributed by atoms with Crippen molar-refractivity contribution in [2.75, 3.05) is 26.7 Å². The van der Waals surface area contributed by atoms with Gasteiger partial charge in [-0.3, -0.25) is 9.79 Å². The van der Waals surface area contributed by atoms with Gasteiger partial charge in [0.1, 0.15) is 0 Å². The van der Waals surface area contributed by atoms with Gasteiger partial charge in [-0.25, -0.2) is 0 Å². The second kappa shape index (κ2) is 10.5. The summed E-state index contributed by atoms with van der Waals surface area (Å²) in [6.45, 7) is 6.07. The predicted molar refractivity (Wildman–Crippen MR) is 110 cm³/mol. The van der Waals surface area contributed by atoms with Crippen LogP contribution < -0.4 is 10.6 Å². The minimum Gasteiger partial charge on any atom is -0.352 e. The van der Waals surface area contributed by atoms with E-state index < -0.39 is 0 Å². The normalized spacial score (nSPS) is 22.4. The minimum absolute atomic E-state index is 0. The molecule has 0 spiro atoms. The van der Waals surface area contributed by atoms with Crippen molar-refractivity contribution >= 4 is 51.8 Å². The molecule has 1 atom stereocenters. The quantitative estimate of drug-likeness (QED) is 0.356. The van der Waals surface area contributed by atoms with E-state index in [0.29, 0.717) is 12.5 Å². The number of aliphatic imine (C=N–C) groups is 1. The number of carbonyl (C=O) groups is 1. The van der Waals surface area contributed by atoms with E-state index in [9.17, 15) is 4.79 Å². The molecule has 5 nitrogen and oxygen atoms in total. The number of guanidine groups is 1. The average molecular weight is 499 g/mol. The van der Waals surface area contributed by atoms with Crippen molar-refractivity contribution in [2.45, 2.75) is 44.6 Å². The summed E-state index contributed by atoms with van der Waals surface area (Å²) < 4.78 is 0.885. The summed E-state index contributed by atoms with van der Waals surface area (Å²) in [4.78, 5) is 18.8. The highest BCUT2D eigenvalue weighted by Gasteiger charge is 2.31. The largest absolute Gasteiger partial charge is 0.352 e. The van der Waals surface area contributed by atoms with Gasteiger partial charge in [-0.15, -0.1) is 24.0 Å². The fourth-order valence-electron chi connectivity index (χ4n) is 3.25. The third-order valence-electron chi connectivity index (χ3n) is 4.47. The average Bonchev–Trinajstić information content (AvgIpc) is 3.00. The van der Waals surface area contributed by atoms with Crippen LogP contribution >= 0.6 is 39.9 Å². The molecule has 2 rings (SSSR count). The third kappa shape index (κ3) is 6.60. The third-order valence-corrected chi connectivity index (χ3v) is 4.75. The zero-order chi connectivity index (χ0) is 15.9. The van der Waals surface area contributed by atoms with Crippen molar-refractivity contribution in [2.24, 2.45) is 10.9 Å². The lowest BCUT2D eigenvalue weighted by Crippen LogP contribution is -2.45. The molecule has 1 saturated heterocycles. The van der Waals surface area contributed by atoms with Gasteiger partial charge in [0.15, 0.2) is 5.96 Å². The fourth-order valence-corrected chi connectivity index (χ4v) is 3.39. The number of nitrogens with one attached hydrogen (secondary N) is 2. The Bertz CT molecular complexity index is 438. The topological polar surface area (TPSA) is 56.7 Å². The smallest absolute Gasteiger partial charge is 0.225 e. The van der Waals surface area contributed by atoms with Crippen molar-refractivity contribution in [3.8, 4) is 0 Å². The molecule has 1 amide bonds. The molecule has 0 aromatic carbocycles. The van der Waals surface area contributed by atoms with Gasteiger partial charge in [0.25, 0.3) is 0 Å². The van der Waals surface area contributed by atoms with Crippen LogP contribution in [-0.2, 0) is 4.79 Å². The lowest BCUT2D eigenvalue weighted by atomic mass is 9.88. The summed E-state index contributed by atoms with van der Waals surface area (Å²) in [6.07, 6.45) is 6.83. The van der Waals surface area contributed by atoms with Crippen LogP contribution in [0.3, 0.4) is 0 Å². The fraction of sp³-hybridized carbons (Fsp3) is 0.750. The molecule has 2 aliphatic rings. The minimum atomic E-state index is 0. The lowest BCUT2D eigenvalue weighted by Gasteiger charge is -2.26. The molecule has 7 heteroatoms. The first-order valence-corrected chi connectivity index (χ1v) is 8.98. The maximum Gasteiger partial charge on any atom is 0.225 e. The first kappa shape index (κ1) is 20.7. The van der Waals surface area contributed by atoms with Crippen LogP contribution in [0.15, 0.2) is 16.1 Å². The van der Waals surface area contributed by atoms with Crippen molar-refractivity contribution in [1.82, 2.24) is 15.5 Å². The van der Waals surface area contributed by atoms with Gasteiger partial charge >= 0.3 is 0 Å². The maximum atomic E-state index is 12.6. The molecule has 2 fully saturated rings. The first-order valence-electron chi connectivity index (χ1n) is 8.19. The van der Waals surface area contributed by atoms with Gasteiger partial charge in [0.05, 0.1) is 0 Å². The van der Waals surface area contributed by atoms with E-state index in [0.717, 1.165) is 42.8 Å². The summed E-state index contributed by atoms with van der Waals surface area (Å²) in [6, 6.07) is 0.280. The monoisotopic (exact) mass is 498 g/mol. The van der Waals surface area contributed by atoms with Crippen LogP contribution in [0.25, 0.3) is 0 Å². The Balaban J connectivity index is 0.00000264. The molecule has 132 valence electrons. The molecule has 1 aliphatic carbocycles. The van der Waals surface area contributed by atoms with Gasteiger partial charge in [-0.05, 0) is 19.3 Å². The summed E-state index contributed by atoms with van der Waals surface area (Å²) >= 11 is 3.32. The summed E-state index contributed by atoms with van der Waals surface area (Å²) in [5.41, 5.74) is 0. The number of hydrogen-bond donors (Lipinski definition) is 2. The van der Waals surface area contributed by atoms with E-state index >= 15 is 0 Å². The van der Waals surface area contributed by atoms with E-state index in [1.54, 1.807) is 7.05 Å². The van der Waals surface area contributed by atoms with E-state index in [2.05, 4.69) is 38.1 Å². The highest BCUT2D eigenvalue weighted by molar-refractivity contribution is 14.0. The van der Waals surface area contributed by atoms with Gasteiger partial charge in [0.2, 0.25) is 5.91 Å². The van der Waals surface area contributed by atoms with Gasteiger partial charge in [-0.1, -0.05) is 41.8 Å². The number of nitrogens with zero attached hydrogens (tertiary/aromatic N) is 2. The number of amides is 1. The number of hydrogen-bond acceptors (Lipinski definition) is 2. The Hall–Kier alpha value is -0.310. The number of halogens is 2. The van der Waals surface area contributed by atoms with Crippen LogP contribution in [0.1, 0.15) is 38.5 Å². The number of likely N-dealkylation sites (tertiary alicyclic amines) is 1. The predicted octanol–water partition coefficient (Wildman–Crippen LogP) is 2.86. The van der Waals surface area contributed by atoms with E-state index in [-0.39, 0.29) is 35.9 Å². The Labute approximate surface area is 164 Å². The van der Waals surface area contributed by atoms with Gasteiger partial charge in [0, 0.05) is 43.1 Å². The highest BCUT2D eigenvalue weighted by Crippen LogP contribution is 2.26. The molecule has 1 heterocycles. The molecular formula is C16H28BrIN4O. The van der Waals surface area contributed by atoms with Crippen LogP contribution in [0.4, 0.5) is 0 Å². The summed E-state index contributed by atoms with van der Waals surface area (Å²) in [5, 5.41) is 6.58. The second-order valence-corrected chi connectivity index (χ2v) is 7.31. The van der Waals surface area contributed by atoms with E-state index in [1.165, 1.54) is 19.3 Å². The van der Waals surface area contributed by atoms with Crippen molar-refractivity contribution in [3.05, 3.63) is 11.1 Å². The molecule has 1 unspecified atom stereocenters. The summed E-state index contributed by atoms with van der Waals surface area (Å²) in [5.74, 6) is 1.39. The first-order chi connectivity index (χ1) is 10.6. The SMILES string of the molecule is C=C(Br)CNC(=NC)NC1CCN(C(=O)C2CCCCC2)C1.I. The molecule has 0 bridgehead atoms. The van der Waals surface area contributed by atoms with Crippen molar-refractivity contribution in [1.29, 1.82) is 0 Å². The van der Waals surface area contributed by atoms with Crippen molar-refractivity contribution < 1.29 is 4.79 Å². The zero-order valence-electron chi connectivity index (χ0n) is 13.8. The standard InChI is InChI=1S/C16H27BrN4O.HI/c1-12(17)10-19-16(18-2)20-14-8-9-21(11-14)15(22)13-6-4-3-5-7-13;/h13-14H,1,3-11H2,2H3,(H2,18,19,20);1H. The number of carbonyl (C=O) groups excluding carboxylic acids is 1. The maximum absolute atomic E-state index is 12.6. The van der Waals surface area contributed by atoms with E-state index in [4.69, 9.17) is 0 Å². The molecule has 23 heavy (non-hydrogen) atoms. The Morgan fingerprint density at radius 2 is 2.00 bits per heavy atom. The molecule has 0 aromatic heterocycles. The molecule has 1 aliphatic heterocycles. The molecule has 0 aromatic rings. The van der Waals surface area contributed by atoms with Crippen molar-refractivity contribution in [3.63, 3.8) is 0 Å². The van der Waals surface area contributed by atoms with Gasteiger partial charge in [-0.2, -0.15) is 0 Å². The lowest BCUT2D eigenvalue weighted by molar-refractivity contribution is -0.135. The molecule has 0 radical (unpaired) electrons. The van der Waals surface area contributed by atoms with Gasteiger partial charge < -0.3 is 15.5 Å². The Morgan fingerprint density at radius 3 is 2.61 bits per heavy atom. The highest BCUT2D eigenvalue weighted by atomic mass is 127.